The van der Waals surface area contributed by atoms with Gasteiger partial charge < -0.3 is 14.0 Å². The monoisotopic (exact) mass is 371 g/mol. The normalized spacial score (nSPS) is 35.0. The number of alkyl halides is 3. The molecule has 0 aromatic rings. The Labute approximate surface area is 139 Å². The molecule has 2 fully saturated rings. The number of halogens is 3. The van der Waals surface area contributed by atoms with Crippen molar-refractivity contribution >= 4 is 23.0 Å². The molecule has 2 bridgehead atoms. The summed E-state index contributed by atoms with van der Waals surface area (Å²) in [5.41, 5.74) is -2.52. The first kappa shape index (κ1) is 19.2. The van der Waals surface area contributed by atoms with E-state index in [4.69, 9.17) is 4.74 Å². The van der Waals surface area contributed by atoms with Crippen LogP contribution in [0.3, 0.4) is 0 Å². The van der Waals surface area contributed by atoms with Crippen molar-refractivity contribution in [3.63, 3.8) is 0 Å². The predicted molar refractivity (Wildman–Crippen MR) is 74.2 cm³/mol. The van der Waals surface area contributed by atoms with Gasteiger partial charge in [0.25, 0.3) is 0 Å². The summed E-state index contributed by atoms with van der Waals surface area (Å²) in [4.78, 5) is 24.4. The second-order valence-electron chi connectivity index (χ2n) is 6.78. The number of hydrogen-bond acceptors (Lipinski definition) is 6. The van der Waals surface area contributed by atoms with Crippen LogP contribution in [0.1, 0.15) is 33.6 Å². The zero-order chi connectivity index (χ0) is 18.5. The Morgan fingerprint density at radius 2 is 2.08 bits per heavy atom. The minimum atomic E-state index is -4.67. The van der Waals surface area contributed by atoms with Crippen LogP contribution in [-0.2, 0) is 30.1 Å². The molecule has 1 aliphatic carbocycles. The average Bonchev–Trinajstić information content (AvgIpc) is 2.90. The first-order valence-electron chi connectivity index (χ1n) is 7.41. The van der Waals surface area contributed by atoms with Crippen LogP contribution in [0.25, 0.3) is 0 Å². The molecule has 5 atom stereocenters. The van der Waals surface area contributed by atoms with Gasteiger partial charge in [0.2, 0.25) is 11.8 Å². The van der Waals surface area contributed by atoms with Gasteiger partial charge in [-0.3, -0.25) is 9.00 Å². The zero-order valence-corrected chi connectivity index (χ0v) is 14.2. The van der Waals surface area contributed by atoms with E-state index >= 15 is 0 Å². The second kappa shape index (κ2) is 5.98. The van der Waals surface area contributed by atoms with Crippen molar-refractivity contribution in [1.29, 1.82) is 0 Å². The fourth-order valence-electron chi connectivity index (χ4n) is 3.91. The van der Waals surface area contributed by atoms with E-state index in [0.717, 1.165) is 0 Å². The van der Waals surface area contributed by atoms with E-state index in [1.807, 2.05) is 0 Å². The molecule has 1 saturated carbocycles. The average molecular weight is 371 g/mol. The maximum Gasteiger partial charge on any atom is 0.351 e. The lowest BCUT2D eigenvalue weighted by Gasteiger charge is -2.31. The molecule has 2 aliphatic rings. The lowest BCUT2D eigenvalue weighted by Crippen LogP contribution is -2.47. The molecule has 6 nitrogen and oxygen atoms in total. The van der Waals surface area contributed by atoms with Gasteiger partial charge in [-0.25, -0.2) is 9.18 Å². The standard InChI is InChI=1S/C14H19F3O6S/c1-7(2)9-12(3)4-5-13(9,23-10(12)18)11(19)22-6-8(15)14(16,17)24(20)21/h7-9H,4-6H2,1-3H3,(H,20,21)/p-1/t8?,9?,12-,13?/m0/s1. The Bertz CT molecular complexity index is 583. The van der Waals surface area contributed by atoms with E-state index < -0.39 is 58.0 Å². The van der Waals surface area contributed by atoms with E-state index in [-0.39, 0.29) is 12.3 Å². The first-order valence-corrected chi connectivity index (χ1v) is 8.49. The van der Waals surface area contributed by atoms with Gasteiger partial charge in [0, 0.05) is 17.0 Å². The van der Waals surface area contributed by atoms with Crippen LogP contribution in [0.15, 0.2) is 0 Å². The van der Waals surface area contributed by atoms with Crippen molar-refractivity contribution in [2.75, 3.05) is 6.61 Å². The van der Waals surface area contributed by atoms with Crippen LogP contribution < -0.4 is 0 Å². The summed E-state index contributed by atoms with van der Waals surface area (Å²) in [6.45, 7) is 3.78. The smallest absolute Gasteiger partial charge is 0.351 e. The molecular formula is C14H18F3O6S-. The number of carbonyl (C=O) groups excluding carboxylic acids is 2. The molecule has 1 heterocycles. The summed E-state index contributed by atoms with van der Waals surface area (Å²) in [6.07, 6.45) is -2.69. The topological polar surface area (TPSA) is 92.7 Å². The van der Waals surface area contributed by atoms with Crippen LogP contribution in [0.5, 0.6) is 0 Å². The third kappa shape index (κ3) is 2.63. The largest absolute Gasteiger partial charge is 0.768 e. The number of ether oxygens (including phenoxy) is 2. The number of fused-ring (bicyclic) bond motifs is 2. The third-order valence-corrected chi connectivity index (χ3v) is 5.61. The van der Waals surface area contributed by atoms with Gasteiger partial charge in [0.05, 0.1) is 5.41 Å². The quantitative estimate of drug-likeness (QED) is 0.521. The van der Waals surface area contributed by atoms with E-state index in [9.17, 15) is 31.5 Å². The molecule has 0 spiro atoms. The zero-order valence-electron chi connectivity index (χ0n) is 13.3. The van der Waals surface area contributed by atoms with Gasteiger partial charge in [0.15, 0.2) is 0 Å². The van der Waals surface area contributed by atoms with Crippen LogP contribution in [0.2, 0.25) is 0 Å². The van der Waals surface area contributed by atoms with Crippen LogP contribution >= 0.6 is 0 Å². The number of esters is 2. The van der Waals surface area contributed by atoms with Crippen molar-refractivity contribution in [2.45, 2.75) is 50.6 Å². The molecule has 0 aromatic carbocycles. The van der Waals surface area contributed by atoms with Gasteiger partial charge in [-0.1, -0.05) is 13.8 Å². The fourth-order valence-corrected chi connectivity index (χ4v) is 4.19. The number of hydrogen-bond donors (Lipinski definition) is 0. The van der Waals surface area contributed by atoms with Crippen molar-refractivity contribution < 1.29 is 41.0 Å². The highest BCUT2D eigenvalue weighted by Gasteiger charge is 2.72. The molecule has 138 valence electrons. The van der Waals surface area contributed by atoms with Crippen molar-refractivity contribution in [2.24, 2.45) is 17.3 Å². The maximum absolute atomic E-state index is 13.4. The highest BCUT2D eigenvalue weighted by Crippen LogP contribution is 2.60. The van der Waals surface area contributed by atoms with Crippen LogP contribution in [0.4, 0.5) is 13.2 Å². The van der Waals surface area contributed by atoms with Crippen molar-refractivity contribution in [3.05, 3.63) is 0 Å². The van der Waals surface area contributed by atoms with E-state index in [2.05, 4.69) is 4.74 Å². The molecule has 0 radical (unpaired) electrons. The molecule has 4 unspecified atom stereocenters. The molecule has 0 amide bonds. The van der Waals surface area contributed by atoms with E-state index in [1.54, 1.807) is 20.8 Å². The molecule has 10 heteroatoms. The highest BCUT2D eigenvalue weighted by molar-refractivity contribution is 7.80. The number of rotatable bonds is 6. The second-order valence-corrected chi connectivity index (χ2v) is 7.79. The van der Waals surface area contributed by atoms with Crippen molar-refractivity contribution in [3.8, 4) is 0 Å². The molecule has 0 N–H and O–H groups in total. The molecule has 1 aliphatic heterocycles. The van der Waals surface area contributed by atoms with Crippen molar-refractivity contribution in [1.82, 2.24) is 0 Å². The first-order chi connectivity index (χ1) is 10.9. The van der Waals surface area contributed by atoms with Crippen LogP contribution in [0, 0.1) is 17.3 Å². The fraction of sp³-hybridized carbons (Fsp3) is 0.857. The minimum absolute atomic E-state index is 0.145. The molecule has 0 aromatic heterocycles. The summed E-state index contributed by atoms with van der Waals surface area (Å²) >= 11 is -3.99. The van der Waals surface area contributed by atoms with E-state index in [0.29, 0.717) is 6.42 Å². The van der Waals surface area contributed by atoms with Crippen LogP contribution in [-0.4, -0.2) is 44.3 Å². The maximum atomic E-state index is 13.4. The SMILES string of the molecule is CC(C)C1C2(C(=O)OCC(F)C(F)(F)S(=O)[O-])CC[C@]1(C)C(=O)O2. The summed E-state index contributed by atoms with van der Waals surface area (Å²) in [5, 5.41) is -4.67. The van der Waals surface area contributed by atoms with Gasteiger partial charge in [-0.15, -0.1) is 0 Å². The lowest BCUT2D eigenvalue weighted by molar-refractivity contribution is -0.184. The Kier molecular flexibility index (Phi) is 4.77. The van der Waals surface area contributed by atoms with E-state index in [1.165, 1.54) is 0 Å². The molecule has 1 saturated heterocycles. The summed E-state index contributed by atoms with van der Waals surface area (Å²) in [6, 6.07) is 0. The Morgan fingerprint density at radius 1 is 1.50 bits per heavy atom. The highest BCUT2D eigenvalue weighted by atomic mass is 32.2. The minimum Gasteiger partial charge on any atom is -0.768 e. The summed E-state index contributed by atoms with van der Waals surface area (Å²) in [7, 11) is 0. The van der Waals surface area contributed by atoms with Gasteiger partial charge in [0.1, 0.15) is 6.61 Å². The Hall–Kier alpha value is -1.16. The molecular weight excluding hydrogens is 353 g/mol. The predicted octanol–water partition coefficient (Wildman–Crippen LogP) is 1.71. The lowest BCUT2D eigenvalue weighted by atomic mass is 9.72. The number of carbonyl (C=O) groups is 2. The summed E-state index contributed by atoms with van der Waals surface area (Å²) < 4.78 is 69.8. The molecule has 24 heavy (non-hydrogen) atoms. The molecule has 2 rings (SSSR count). The summed E-state index contributed by atoms with van der Waals surface area (Å²) in [5.74, 6) is -2.37. The third-order valence-electron chi connectivity index (χ3n) is 4.91. The van der Waals surface area contributed by atoms with Gasteiger partial charge in [-0.2, -0.15) is 8.78 Å². The van der Waals surface area contributed by atoms with Gasteiger partial charge >= 0.3 is 17.2 Å². The Morgan fingerprint density at radius 3 is 2.54 bits per heavy atom. The Balaban J connectivity index is 2.15. The van der Waals surface area contributed by atoms with Gasteiger partial charge in [-0.05, 0) is 25.7 Å².